The summed E-state index contributed by atoms with van der Waals surface area (Å²) in [4.78, 5) is 12.2. The standard InChI is InChI=1S/C15H18FNO2/c1-9-2-5-12(16)11(8-9)15(18)17-13-6-7-19-14(13)10-3-4-10/h2,5,8,10,13-14H,3-4,6-7H2,1H3,(H,17,18). The molecule has 1 aliphatic carbocycles. The maximum absolute atomic E-state index is 13.7. The van der Waals surface area contributed by atoms with Crippen molar-refractivity contribution in [3.8, 4) is 0 Å². The van der Waals surface area contributed by atoms with Crippen LogP contribution in [0.4, 0.5) is 4.39 Å². The van der Waals surface area contributed by atoms with Crippen LogP contribution in [0.2, 0.25) is 0 Å². The van der Waals surface area contributed by atoms with E-state index in [1.54, 1.807) is 12.1 Å². The summed E-state index contributed by atoms with van der Waals surface area (Å²) in [6.45, 7) is 2.53. The Morgan fingerprint density at radius 2 is 2.16 bits per heavy atom. The molecule has 1 amide bonds. The zero-order valence-electron chi connectivity index (χ0n) is 11.0. The molecular formula is C15H18FNO2. The second kappa shape index (κ2) is 4.93. The topological polar surface area (TPSA) is 38.3 Å². The highest BCUT2D eigenvalue weighted by Crippen LogP contribution is 2.38. The number of aryl methyl sites for hydroxylation is 1. The summed E-state index contributed by atoms with van der Waals surface area (Å²) >= 11 is 0. The van der Waals surface area contributed by atoms with E-state index in [1.165, 1.54) is 18.9 Å². The monoisotopic (exact) mass is 263 g/mol. The molecule has 102 valence electrons. The van der Waals surface area contributed by atoms with Gasteiger partial charge in [0.25, 0.3) is 5.91 Å². The third-order valence-electron chi connectivity index (χ3n) is 3.91. The molecule has 0 aromatic heterocycles. The molecule has 1 aromatic carbocycles. The average molecular weight is 263 g/mol. The molecule has 1 saturated heterocycles. The number of ether oxygens (including phenoxy) is 1. The van der Waals surface area contributed by atoms with Crippen molar-refractivity contribution in [2.75, 3.05) is 6.61 Å². The van der Waals surface area contributed by atoms with E-state index in [2.05, 4.69) is 5.32 Å². The lowest BCUT2D eigenvalue weighted by molar-refractivity contribution is 0.0727. The Balaban J connectivity index is 1.72. The minimum atomic E-state index is -0.468. The van der Waals surface area contributed by atoms with E-state index in [0.717, 1.165) is 12.0 Å². The van der Waals surface area contributed by atoms with Crippen molar-refractivity contribution >= 4 is 5.91 Å². The molecule has 2 atom stereocenters. The molecule has 2 aliphatic rings. The van der Waals surface area contributed by atoms with Crippen molar-refractivity contribution in [1.82, 2.24) is 5.32 Å². The number of carbonyl (C=O) groups is 1. The number of carbonyl (C=O) groups excluding carboxylic acids is 1. The van der Waals surface area contributed by atoms with Crippen molar-refractivity contribution in [3.63, 3.8) is 0 Å². The summed E-state index contributed by atoms with van der Waals surface area (Å²) in [6, 6.07) is 4.62. The van der Waals surface area contributed by atoms with Crippen molar-refractivity contribution < 1.29 is 13.9 Å². The molecule has 1 N–H and O–H groups in total. The largest absolute Gasteiger partial charge is 0.376 e. The van der Waals surface area contributed by atoms with Crippen LogP contribution in [0.15, 0.2) is 18.2 Å². The Hall–Kier alpha value is -1.42. The Labute approximate surface area is 112 Å². The van der Waals surface area contributed by atoms with Gasteiger partial charge in [0.05, 0.1) is 17.7 Å². The van der Waals surface area contributed by atoms with Crippen molar-refractivity contribution in [3.05, 3.63) is 35.1 Å². The Bertz CT molecular complexity index is 499. The second-order valence-corrected chi connectivity index (χ2v) is 5.52. The van der Waals surface area contributed by atoms with Gasteiger partial charge in [-0.1, -0.05) is 11.6 Å². The molecule has 1 heterocycles. The van der Waals surface area contributed by atoms with Gasteiger partial charge in [-0.3, -0.25) is 4.79 Å². The third kappa shape index (κ3) is 2.63. The summed E-state index contributed by atoms with van der Waals surface area (Å²) in [6.07, 6.45) is 3.29. The van der Waals surface area contributed by atoms with Gasteiger partial charge in [0.1, 0.15) is 5.82 Å². The maximum Gasteiger partial charge on any atom is 0.254 e. The lowest BCUT2D eigenvalue weighted by Gasteiger charge is -2.19. The van der Waals surface area contributed by atoms with E-state index in [0.29, 0.717) is 12.5 Å². The molecule has 1 saturated carbocycles. The van der Waals surface area contributed by atoms with Crippen molar-refractivity contribution in [2.45, 2.75) is 38.3 Å². The molecule has 0 spiro atoms. The molecular weight excluding hydrogens is 245 g/mol. The molecule has 2 unspecified atom stereocenters. The summed E-state index contributed by atoms with van der Waals surface area (Å²) in [5.41, 5.74) is 1.01. The molecule has 1 aliphatic heterocycles. The van der Waals surface area contributed by atoms with Crippen LogP contribution in [0.1, 0.15) is 35.2 Å². The number of rotatable bonds is 3. The first kappa shape index (κ1) is 12.6. The summed E-state index contributed by atoms with van der Waals surface area (Å²) in [5, 5.41) is 2.93. The van der Waals surface area contributed by atoms with Crippen LogP contribution in [-0.2, 0) is 4.74 Å². The first-order valence-electron chi connectivity index (χ1n) is 6.84. The predicted octanol–water partition coefficient (Wildman–Crippen LogP) is 2.43. The van der Waals surface area contributed by atoms with Gasteiger partial charge < -0.3 is 10.1 Å². The maximum atomic E-state index is 13.7. The van der Waals surface area contributed by atoms with Crippen LogP contribution < -0.4 is 5.32 Å². The molecule has 0 radical (unpaired) electrons. The first-order valence-corrected chi connectivity index (χ1v) is 6.84. The zero-order chi connectivity index (χ0) is 13.4. The molecule has 4 heteroatoms. The fourth-order valence-corrected chi connectivity index (χ4v) is 2.71. The quantitative estimate of drug-likeness (QED) is 0.909. The van der Waals surface area contributed by atoms with Crippen molar-refractivity contribution in [1.29, 1.82) is 0 Å². The van der Waals surface area contributed by atoms with Gasteiger partial charge in [0.2, 0.25) is 0 Å². The summed E-state index contributed by atoms with van der Waals surface area (Å²) in [7, 11) is 0. The Kier molecular flexibility index (Phi) is 3.27. The van der Waals surface area contributed by atoms with Crippen LogP contribution in [0.5, 0.6) is 0 Å². The number of amides is 1. The van der Waals surface area contributed by atoms with Gasteiger partial charge in [-0.2, -0.15) is 0 Å². The molecule has 19 heavy (non-hydrogen) atoms. The van der Waals surface area contributed by atoms with Gasteiger partial charge in [0.15, 0.2) is 0 Å². The second-order valence-electron chi connectivity index (χ2n) is 5.52. The Morgan fingerprint density at radius 3 is 2.89 bits per heavy atom. The highest BCUT2D eigenvalue weighted by molar-refractivity contribution is 5.94. The number of nitrogens with one attached hydrogen (secondary N) is 1. The smallest absolute Gasteiger partial charge is 0.254 e. The van der Waals surface area contributed by atoms with Crippen LogP contribution in [-0.4, -0.2) is 24.7 Å². The van der Waals surface area contributed by atoms with Gasteiger partial charge in [-0.25, -0.2) is 4.39 Å². The van der Waals surface area contributed by atoms with Crippen LogP contribution >= 0.6 is 0 Å². The van der Waals surface area contributed by atoms with Gasteiger partial charge in [0, 0.05) is 6.61 Å². The normalized spacial score (nSPS) is 26.4. The number of hydrogen-bond acceptors (Lipinski definition) is 2. The van der Waals surface area contributed by atoms with Crippen LogP contribution in [0, 0.1) is 18.7 Å². The van der Waals surface area contributed by atoms with Gasteiger partial charge in [-0.05, 0) is 44.2 Å². The van der Waals surface area contributed by atoms with E-state index in [-0.39, 0.29) is 23.6 Å². The molecule has 2 fully saturated rings. The van der Waals surface area contributed by atoms with E-state index in [1.807, 2.05) is 6.92 Å². The Morgan fingerprint density at radius 1 is 1.37 bits per heavy atom. The third-order valence-corrected chi connectivity index (χ3v) is 3.91. The molecule has 3 rings (SSSR count). The van der Waals surface area contributed by atoms with E-state index < -0.39 is 5.82 Å². The lowest BCUT2D eigenvalue weighted by atomic mass is 10.0. The van der Waals surface area contributed by atoms with Crippen LogP contribution in [0.3, 0.4) is 0 Å². The zero-order valence-corrected chi connectivity index (χ0v) is 11.0. The number of benzene rings is 1. The van der Waals surface area contributed by atoms with E-state index in [4.69, 9.17) is 4.74 Å². The molecule has 3 nitrogen and oxygen atoms in total. The number of halogens is 1. The molecule has 0 bridgehead atoms. The van der Waals surface area contributed by atoms with Gasteiger partial charge >= 0.3 is 0 Å². The highest BCUT2D eigenvalue weighted by Gasteiger charge is 2.41. The minimum Gasteiger partial charge on any atom is -0.376 e. The summed E-state index contributed by atoms with van der Waals surface area (Å²) < 4.78 is 19.3. The fourth-order valence-electron chi connectivity index (χ4n) is 2.71. The van der Waals surface area contributed by atoms with E-state index in [9.17, 15) is 9.18 Å². The van der Waals surface area contributed by atoms with Crippen molar-refractivity contribution in [2.24, 2.45) is 5.92 Å². The predicted molar refractivity (Wildman–Crippen MR) is 69.5 cm³/mol. The highest BCUT2D eigenvalue weighted by atomic mass is 19.1. The number of hydrogen-bond donors (Lipinski definition) is 1. The van der Waals surface area contributed by atoms with E-state index >= 15 is 0 Å². The lowest BCUT2D eigenvalue weighted by Crippen LogP contribution is -2.41. The van der Waals surface area contributed by atoms with Crippen LogP contribution in [0.25, 0.3) is 0 Å². The average Bonchev–Trinajstić information content (AvgIpc) is 3.13. The fraction of sp³-hybridized carbons (Fsp3) is 0.533. The minimum absolute atomic E-state index is 0.0277. The molecule has 1 aromatic rings. The first-order chi connectivity index (χ1) is 9.15. The summed E-state index contributed by atoms with van der Waals surface area (Å²) in [5.74, 6) is -0.220. The van der Waals surface area contributed by atoms with Gasteiger partial charge in [-0.15, -0.1) is 0 Å². The SMILES string of the molecule is Cc1ccc(F)c(C(=O)NC2CCOC2C2CC2)c1.